The Labute approximate surface area is 214 Å². The van der Waals surface area contributed by atoms with Crippen molar-refractivity contribution in [2.45, 2.75) is 27.2 Å². The highest BCUT2D eigenvalue weighted by Crippen LogP contribution is 2.30. The number of nitrogens with zero attached hydrogens (tertiary/aromatic N) is 5. The number of amides is 2. The summed E-state index contributed by atoms with van der Waals surface area (Å²) in [5, 5.41) is 11.0. The van der Waals surface area contributed by atoms with Gasteiger partial charge in [0.2, 0.25) is 5.91 Å². The SMILES string of the molecule is C=C/C=C(/C(=O)N(C)C)c1nc(-c2[nH]nc3ncc(-c4cncc(NC(=O)CC(C)C)c4)cc23)[nH]c1C. The molecule has 0 radical (unpaired) electrons. The van der Waals surface area contributed by atoms with Gasteiger partial charge in [0, 0.05) is 49.7 Å². The van der Waals surface area contributed by atoms with Crippen LogP contribution in [0.5, 0.6) is 0 Å². The van der Waals surface area contributed by atoms with E-state index in [0.29, 0.717) is 40.5 Å². The molecule has 190 valence electrons. The van der Waals surface area contributed by atoms with Crippen LogP contribution in [0.3, 0.4) is 0 Å². The number of pyridine rings is 2. The Kier molecular flexibility index (Phi) is 7.28. The first-order valence-electron chi connectivity index (χ1n) is 11.9. The van der Waals surface area contributed by atoms with E-state index in [1.54, 1.807) is 44.8 Å². The summed E-state index contributed by atoms with van der Waals surface area (Å²) in [7, 11) is 3.38. The van der Waals surface area contributed by atoms with Crippen LogP contribution in [0.1, 0.15) is 31.7 Å². The third kappa shape index (κ3) is 5.48. The molecule has 0 fully saturated rings. The topological polar surface area (TPSA) is 133 Å². The summed E-state index contributed by atoms with van der Waals surface area (Å²) in [5.41, 5.74) is 5.10. The fraction of sp³-hybridized carbons (Fsp3) is 0.259. The molecule has 10 nitrogen and oxygen atoms in total. The zero-order valence-corrected chi connectivity index (χ0v) is 21.6. The van der Waals surface area contributed by atoms with Crippen molar-refractivity contribution in [1.29, 1.82) is 0 Å². The van der Waals surface area contributed by atoms with Crippen molar-refractivity contribution in [2.24, 2.45) is 5.92 Å². The molecule has 37 heavy (non-hydrogen) atoms. The van der Waals surface area contributed by atoms with Crippen LogP contribution in [0, 0.1) is 12.8 Å². The van der Waals surface area contributed by atoms with E-state index in [2.05, 4.69) is 37.0 Å². The number of H-pyrrole nitrogens is 2. The molecule has 0 spiro atoms. The lowest BCUT2D eigenvalue weighted by atomic mass is 10.1. The predicted octanol–water partition coefficient (Wildman–Crippen LogP) is 4.36. The Morgan fingerprint density at radius 1 is 1.16 bits per heavy atom. The van der Waals surface area contributed by atoms with Gasteiger partial charge in [-0.05, 0) is 31.1 Å². The van der Waals surface area contributed by atoms with Gasteiger partial charge in [-0.25, -0.2) is 9.97 Å². The smallest absolute Gasteiger partial charge is 0.255 e. The van der Waals surface area contributed by atoms with E-state index in [1.165, 1.54) is 4.90 Å². The van der Waals surface area contributed by atoms with E-state index in [-0.39, 0.29) is 17.7 Å². The number of carbonyl (C=O) groups excluding carboxylic acids is 2. The number of anilines is 1. The Balaban J connectivity index is 1.71. The van der Waals surface area contributed by atoms with Gasteiger partial charge in [-0.15, -0.1) is 0 Å². The third-order valence-corrected chi connectivity index (χ3v) is 5.66. The molecule has 0 aliphatic heterocycles. The molecule has 0 aliphatic rings. The average Bonchev–Trinajstić information content (AvgIpc) is 3.44. The average molecular weight is 499 g/mol. The van der Waals surface area contributed by atoms with Crippen molar-refractivity contribution in [3.8, 4) is 22.6 Å². The van der Waals surface area contributed by atoms with Crippen molar-refractivity contribution in [3.05, 3.63) is 60.8 Å². The zero-order valence-electron chi connectivity index (χ0n) is 21.6. The summed E-state index contributed by atoms with van der Waals surface area (Å²) in [6.07, 6.45) is 8.70. The molecule has 0 saturated heterocycles. The minimum absolute atomic E-state index is 0.0544. The number of hydrogen-bond acceptors (Lipinski definition) is 6. The molecule has 4 aromatic heterocycles. The van der Waals surface area contributed by atoms with Crippen molar-refractivity contribution in [3.63, 3.8) is 0 Å². The molecule has 0 aliphatic carbocycles. The quantitative estimate of drug-likeness (QED) is 0.244. The summed E-state index contributed by atoms with van der Waals surface area (Å²) in [6, 6.07) is 3.81. The summed E-state index contributed by atoms with van der Waals surface area (Å²) in [4.78, 5) is 43.2. The lowest BCUT2D eigenvalue weighted by Crippen LogP contribution is -2.23. The highest BCUT2D eigenvalue weighted by atomic mass is 16.2. The van der Waals surface area contributed by atoms with Crippen LogP contribution >= 0.6 is 0 Å². The zero-order chi connectivity index (χ0) is 26.7. The Hall–Kier alpha value is -4.60. The number of hydrogen-bond donors (Lipinski definition) is 3. The molecule has 4 aromatic rings. The van der Waals surface area contributed by atoms with Crippen LogP contribution in [-0.2, 0) is 9.59 Å². The molecule has 4 heterocycles. The predicted molar refractivity (Wildman–Crippen MR) is 144 cm³/mol. The minimum atomic E-state index is -0.174. The van der Waals surface area contributed by atoms with Gasteiger partial charge < -0.3 is 15.2 Å². The maximum absolute atomic E-state index is 12.7. The Morgan fingerprint density at radius 3 is 2.62 bits per heavy atom. The second kappa shape index (κ2) is 10.6. The van der Waals surface area contributed by atoms with Crippen LogP contribution < -0.4 is 5.32 Å². The largest absolute Gasteiger partial charge is 0.345 e. The van der Waals surface area contributed by atoms with E-state index in [4.69, 9.17) is 4.98 Å². The lowest BCUT2D eigenvalue weighted by Gasteiger charge is -2.12. The van der Waals surface area contributed by atoms with Gasteiger partial charge in [-0.1, -0.05) is 26.5 Å². The number of likely N-dealkylation sites (N-methyl/N-ethyl adjacent to an activating group) is 1. The summed E-state index contributed by atoms with van der Waals surface area (Å²) >= 11 is 0. The molecular weight excluding hydrogens is 468 g/mol. The van der Waals surface area contributed by atoms with Gasteiger partial charge in [0.15, 0.2) is 11.5 Å². The molecule has 0 unspecified atom stereocenters. The van der Waals surface area contributed by atoms with Gasteiger partial charge >= 0.3 is 0 Å². The number of fused-ring (bicyclic) bond motifs is 1. The number of rotatable bonds is 8. The number of imidazole rings is 1. The van der Waals surface area contributed by atoms with Crippen molar-refractivity contribution < 1.29 is 9.59 Å². The van der Waals surface area contributed by atoms with Gasteiger partial charge in [0.05, 0.1) is 28.5 Å². The molecule has 0 atom stereocenters. The van der Waals surface area contributed by atoms with Crippen LogP contribution in [0.2, 0.25) is 0 Å². The number of aryl methyl sites for hydroxylation is 1. The maximum Gasteiger partial charge on any atom is 0.255 e. The first-order valence-corrected chi connectivity index (χ1v) is 11.9. The Bertz CT molecular complexity index is 1510. The highest BCUT2D eigenvalue weighted by molar-refractivity contribution is 6.19. The first-order chi connectivity index (χ1) is 17.7. The second-order valence-corrected chi connectivity index (χ2v) is 9.38. The normalized spacial score (nSPS) is 11.7. The molecule has 2 amide bonds. The molecular formula is C27H30N8O2. The van der Waals surface area contributed by atoms with Crippen LogP contribution in [-0.4, -0.2) is 60.9 Å². The number of nitrogens with one attached hydrogen (secondary N) is 3. The van der Waals surface area contributed by atoms with Crippen molar-refractivity contribution in [1.82, 2.24) is 35.0 Å². The van der Waals surface area contributed by atoms with E-state index >= 15 is 0 Å². The molecule has 0 bridgehead atoms. The monoisotopic (exact) mass is 498 g/mol. The fourth-order valence-corrected chi connectivity index (χ4v) is 3.94. The van der Waals surface area contributed by atoms with Crippen molar-refractivity contribution in [2.75, 3.05) is 19.4 Å². The summed E-state index contributed by atoms with van der Waals surface area (Å²) in [5.74, 6) is 0.564. The summed E-state index contributed by atoms with van der Waals surface area (Å²) < 4.78 is 0. The Morgan fingerprint density at radius 2 is 1.92 bits per heavy atom. The maximum atomic E-state index is 12.7. The number of allylic oxidation sites excluding steroid dienone is 2. The third-order valence-electron chi connectivity index (χ3n) is 5.66. The van der Waals surface area contributed by atoms with Crippen molar-refractivity contribution >= 4 is 34.1 Å². The molecule has 0 saturated carbocycles. The number of carbonyl (C=O) groups is 2. The van der Waals surface area contributed by atoms with Gasteiger partial charge in [-0.3, -0.25) is 19.7 Å². The van der Waals surface area contributed by atoms with E-state index in [0.717, 1.165) is 22.2 Å². The van der Waals surface area contributed by atoms with Gasteiger partial charge in [-0.2, -0.15) is 5.10 Å². The van der Waals surface area contributed by atoms with Gasteiger partial charge in [0.25, 0.3) is 5.91 Å². The van der Waals surface area contributed by atoms with Crippen LogP contribution in [0.15, 0.2) is 49.5 Å². The standard InChI is InChI=1S/C27H30N8O2/c1-7-8-20(27(37)35(5)6)23-16(4)30-26(32-23)24-21-11-18(13-29-25(21)34-33-24)17-10-19(14-28-12-17)31-22(36)9-15(2)3/h7-8,10-15H,1,9H2,2-6H3,(H,30,32)(H,31,36)(H,29,33,34)/b20-8+. The second-order valence-electron chi connectivity index (χ2n) is 9.38. The fourth-order valence-electron chi connectivity index (χ4n) is 3.94. The van der Waals surface area contributed by atoms with E-state index in [1.807, 2.05) is 32.9 Å². The molecule has 4 rings (SSSR count). The van der Waals surface area contributed by atoms with Gasteiger partial charge in [0.1, 0.15) is 5.69 Å². The first kappa shape index (κ1) is 25.5. The molecule has 0 aromatic carbocycles. The molecule has 3 N–H and O–H groups in total. The number of aromatic amines is 2. The minimum Gasteiger partial charge on any atom is -0.345 e. The highest BCUT2D eigenvalue weighted by Gasteiger charge is 2.21. The van der Waals surface area contributed by atoms with E-state index in [9.17, 15) is 9.59 Å². The lowest BCUT2D eigenvalue weighted by molar-refractivity contribution is -0.122. The summed E-state index contributed by atoms with van der Waals surface area (Å²) in [6.45, 7) is 9.59. The van der Waals surface area contributed by atoms with Crippen LogP contribution in [0.4, 0.5) is 5.69 Å². The molecule has 10 heteroatoms. The van der Waals surface area contributed by atoms with Crippen LogP contribution in [0.25, 0.3) is 39.3 Å². The number of aromatic nitrogens is 6. The van der Waals surface area contributed by atoms with E-state index < -0.39 is 0 Å².